The highest BCUT2D eigenvalue weighted by atomic mass is 32.1. The number of aryl methyl sites for hydroxylation is 2. The number of aromatic nitrogens is 4. The van der Waals surface area contributed by atoms with Crippen LogP contribution in [0.3, 0.4) is 0 Å². The lowest BCUT2D eigenvalue weighted by molar-refractivity contribution is 0.102. The summed E-state index contributed by atoms with van der Waals surface area (Å²) in [5.74, 6) is -0.515. The lowest BCUT2D eigenvalue weighted by atomic mass is 9.95. The Morgan fingerprint density at radius 1 is 0.970 bits per heavy atom. The van der Waals surface area contributed by atoms with Crippen molar-refractivity contribution in [2.45, 2.75) is 39.7 Å². The Hall–Kier alpha value is -3.65. The van der Waals surface area contributed by atoms with Gasteiger partial charge in [-0.15, -0.1) is 10.2 Å². The number of amides is 1. The van der Waals surface area contributed by atoms with Crippen molar-refractivity contribution in [3.8, 4) is 22.4 Å². The van der Waals surface area contributed by atoms with E-state index in [4.69, 9.17) is 0 Å². The summed E-state index contributed by atoms with van der Waals surface area (Å²) in [6.07, 6.45) is 2.87. The number of benzene rings is 2. The van der Waals surface area contributed by atoms with E-state index in [-0.39, 0.29) is 5.56 Å². The maximum atomic E-state index is 13.5. The maximum absolute atomic E-state index is 13.5. The largest absolute Gasteiger partial charge is 0.296 e. The van der Waals surface area contributed by atoms with Crippen LogP contribution in [0.2, 0.25) is 0 Å². The summed E-state index contributed by atoms with van der Waals surface area (Å²) in [4.78, 5) is 26.9. The molecule has 0 aliphatic heterocycles. The van der Waals surface area contributed by atoms with Crippen LogP contribution < -0.4 is 10.9 Å². The number of unbranched alkanes of at least 4 members (excludes halogenated alkanes) is 1. The molecule has 0 aliphatic carbocycles. The van der Waals surface area contributed by atoms with Crippen LogP contribution in [0, 0.1) is 0 Å². The second-order valence-electron chi connectivity index (χ2n) is 7.51. The lowest BCUT2D eigenvalue weighted by Crippen LogP contribution is -2.32. The van der Waals surface area contributed by atoms with Crippen LogP contribution in [-0.2, 0) is 13.0 Å². The van der Waals surface area contributed by atoms with Crippen molar-refractivity contribution in [2.75, 3.05) is 5.32 Å². The van der Waals surface area contributed by atoms with Gasteiger partial charge in [0, 0.05) is 24.1 Å². The van der Waals surface area contributed by atoms with Gasteiger partial charge in [-0.1, -0.05) is 85.3 Å². The van der Waals surface area contributed by atoms with Gasteiger partial charge in [-0.2, -0.15) is 5.10 Å². The standard InChI is InChI=1S/C25H25N5O2S/c1-3-5-16-19-27-28-25(33-19)26-23(31)21-20(17-12-8-6-9-13-17)22(18-14-10-7-11-15-18)29-30(4-2)24(21)32/h6-15H,3-5,16H2,1-2H3,(H,26,28,31). The van der Waals surface area contributed by atoms with E-state index in [0.29, 0.717) is 22.9 Å². The predicted octanol–water partition coefficient (Wildman–Crippen LogP) is 5.04. The Labute approximate surface area is 196 Å². The molecular weight excluding hydrogens is 434 g/mol. The van der Waals surface area contributed by atoms with Gasteiger partial charge in [-0.25, -0.2) is 4.68 Å². The average Bonchev–Trinajstić information content (AvgIpc) is 3.30. The minimum atomic E-state index is -0.515. The Balaban J connectivity index is 1.86. The Morgan fingerprint density at radius 3 is 2.27 bits per heavy atom. The number of hydrogen-bond acceptors (Lipinski definition) is 6. The molecule has 0 bridgehead atoms. The summed E-state index contributed by atoms with van der Waals surface area (Å²) in [7, 11) is 0. The normalized spacial score (nSPS) is 10.8. The fraction of sp³-hybridized carbons (Fsp3) is 0.240. The zero-order valence-electron chi connectivity index (χ0n) is 18.6. The number of nitrogens with zero attached hydrogens (tertiary/aromatic N) is 4. The molecule has 7 nitrogen and oxygen atoms in total. The molecule has 1 amide bonds. The molecular formula is C25H25N5O2S. The summed E-state index contributed by atoms with van der Waals surface area (Å²) in [5.41, 5.74) is 2.26. The average molecular weight is 460 g/mol. The Morgan fingerprint density at radius 2 is 1.64 bits per heavy atom. The fourth-order valence-electron chi connectivity index (χ4n) is 3.57. The Bertz CT molecular complexity index is 1300. The molecule has 0 unspecified atom stereocenters. The first-order chi connectivity index (χ1) is 16.1. The summed E-state index contributed by atoms with van der Waals surface area (Å²) in [5, 5.41) is 16.9. The molecule has 4 aromatic rings. The molecule has 0 aliphatic rings. The highest BCUT2D eigenvalue weighted by Crippen LogP contribution is 2.32. The molecule has 8 heteroatoms. The van der Waals surface area contributed by atoms with Crippen LogP contribution in [0.15, 0.2) is 65.5 Å². The van der Waals surface area contributed by atoms with Crippen molar-refractivity contribution in [1.82, 2.24) is 20.0 Å². The van der Waals surface area contributed by atoms with Gasteiger partial charge >= 0.3 is 0 Å². The zero-order chi connectivity index (χ0) is 23.2. The first-order valence-corrected chi connectivity index (χ1v) is 11.8. The van der Waals surface area contributed by atoms with E-state index in [2.05, 4.69) is 27.5 Å². The number of anilines is 1. The van der Waals surface area contributed by atoms with Crippen molar-refractivity contribution in [3.63, 3.8) is 0 Å². The number of nitrogens with one attached hydrogen (secondary N) is 1. The van der Waals surface area contributed by atoms with E-state index in [1.54, 1.807) is 0 Å². The Kier molecular flexibility index (Phi) is 7.04. The van der Waals surface area contributed by atoms with Gasteiger partial charge in [-0.05, 0) is 18.9 Å². The third-order valence-corrected chi connectivity index (χ3v) is 6.12. The van der Waals surface area contributed by atoms with Gasteiger partial charge in [-0.3, -0.25) is 14.9 Å². The highest BCUT2D eigenvalue weighted by molar-refractivity contribution is 7.15. The fourth-order valence-corrected chi connectivity index (χ4v) is 4.35. The molecule has 168 valence electrons. The van der Waals surface area contributed by atoms with Crippen LogP contribution in [-0.4, -0.2) is 25.9 Å². The second kappa shape index (κ2) is 10.3. The molecule has 2 aromatic heterocycles. The molecule has 1 N–H and O–H groups in total. The van der Waals surface area contributed by atoms with Gasteiger partial charge in [0.15, 0.2) is 0 Å². The monoisotopic (exact) mass is 459 g/mol. The van der Waals surface area contributed by atoms with E-state index in [0.717, 1.165) is 35.4 Å². The van der Waals surface area contributed by atoms with Crippen molar-refractivity contribution >= 4 is 22.4 Å². The molecule has 0 spiro atoms. The third kappa shape index (κ3) is 4.90. The van der Waals surface area contributed by atoms with Crippen LogP contribution in [0.25, 0.3) is 22.4 Å². The van der Waals surface area contributed by atoms with Gasteiger partial charge in [0.05, 0.1) is 5.69 Å². The first-order valence-electron chi connectivity index (χ1n) is 11.0. The smallest absolute Gasteiger partial charge is 0.280 e. The van der Waals surface area contributed by atoms with Gasteiger partial charge < -0.3 is 0 Å². The van der Waals surface area contributed by atoms with Gasteiger partial charge in [0.25, 0.3) is 11.5 Å². The molecule has 0 saturated heterocycles. The molecule has 0 fully saturated rings. The topological polar surface area (TPSA) is 89.8 Å². The minimum Gasteiger partial charge on any atom is -0.296 e. The molecule has 33 heavy (non-hydrogen) atoms. The highest BCUT2D eigenvalue weighted by Gasteiger charge is 2.25. The SMILES string of the molecule is CCCCc1nnc(NC(=O)c2c(-c3ccccc3)c(-c3ccccc3)nn(CC)c2=O)s1. The quantitative estimate of drug-likeness (QED) is 0.398. The maximum Gasteiger partial charge on any atom is 0.280 e. The molecule has 4 rings (SSSR count). The summed E-state index contributed by atoms with van der Waals surface area (Å²) in [6, 6.07) is 19.0. The molecule has 0 radical (unpaired) electrons. The van der Waals surface area contributed by atoms with Gasteiger partial charge in [0.2, 0.25) is 5.13 Å². The van der Waals surface area contributed by atoms with Crippen molar-refractivity contribution < 1.29 is 4.79 Å². The van der Waals surface area contributed by atoms with Crippen molar-refractivity contribution in [2.24, 2.45) is 0 Å². The first kappa shape index (κ1) is 22.5. The van der Waals surface area contributed by atoms with Crippen LogP contribution in [0.4, 0.5) is 5.13 Å². The number of carbonyl (C=O) groups excluding carboxylic acids is 1. The van der Waals surface area contributed by atoms with Crippen LogP contribution in [0.1, 0.15) is 42.1 Å². The molecule has 2 heterocycles. The second-order valence-corrected chi connectivity index (χ2v) is 8.57. The number of rotatable bonds is 8. The van der Waals surface area contributed by atoms with E-state index in [1.165, 1.54) is 16.0 Å². The van der Waals surface area contributed by atoms with E-state index < -0.39 is 11.5 Å². The summed E-state index contributed by atoms with van der Waals surface area (Å²) < 4.78 is 1.33. The predicted molar refractivity (Wildman–Crippen MR) is 132 cm³/mol. The van der Waals surface area contributed by atoms with Crippen LogP contribution in [0.5, 0.6) is 0 Å². The lowest BCUT2D eigenvalue weighted by Gasteiger charge is -2.16. The number of carbonyl (C=O) groups is 1. The van der Waals surface area contributed by atoms with E-state index in [1.807, 2.05) is 67.6 Å². The molecule has 0 saturated carbocycles. The van der Waals surface area contributed by atoms with E-state index >= 15 is 0 Å². The molecule has 0 atom stereocenters. The van der Waals surface area contributed by atoms with Crippen molar-refractivity contribution in [3.05, 3.63) is 81.6 Å². The summed E-state index contributed by atoms with van der Waals surface area (Å²) in [6.45, 7) is 4.28. The summed E-state index contributed by atoms with van der Waals surface area (Å²) >= 11 is 1.34. The van der Waals surface area contributed by atoms with E-state index in [9.17, 15) is 9.59 Å². The zero-order valence-corrected chi connectivity index (χ0v) is 19.4. The minimum absolute atomic E-state index is 0.0437. The number of hydrogen-bond donors (Lipinski definition) is 1. The third-order valence-electron chi connectivity index (χ3n) is 5.22. The van der Waals surface area contributed by atoms with Gasteiger partial charge in [0.1, 0.15) is 10.6 Å². The van der Waals surface area contributed by atoms with Crippen molar-refractivity contribution in [1.29, 1.82) is 0 Å². The van der Waals surface area contributed by atoms with Crippen LogP contribution >= 0.6 is 11.3 Å². The molecule has 2 aromatic carbocycles.